The van der Waals surface area contributed by atoms with Gasteiger partial charge in [0.05, 0.1) is 11.8 Å². The van der Waals surface area contributed by atoms with Crippen molar-refractivity contribution in [2.45, 2.75) is 18.2 Å². The van der Waals surface area contributed by atoms with Gasteiger partial charge in [-0.15, -0.1) is 10.2 Å². The molecule has 7 heteroatoms. The first-order valence-electron chi connectivity index (χ1n) is 7.68. The van der Waals surface area contributed by atoms with Crippen molar-refractivity contribution in [3.05, 3.63) is 65.2 Å². The lowest BCUT2D eigenvalue weighted by Crippen LogP contribution is -2.28. The minimum Gasteiger partial charge on any atom is -0.411 e. The van der Waals surface area contributed by atoms with Gasteiger partial charge >= 0.3 is 0 Å². The first-order chi connectivity index (χ1) is 12.1. The van der Waals surface area contributed by atoms with E-state index in [9.17, 15) is 4.79 Å². The lowest BCUT2D eigenvalue weighted by molar-refractivity contribution is -0.119. The number of amides is 1. The van der Waals surface area contributed by atoms with E-state index in [0.29, 0.717) is 16.1 Å². The molecule has 0 aliphatic carbocycles. The SMILES string of the molecule is C[C@H](NC(=O)CSc1nnc(-c2cccc(Cl)c2)o1)c1ccccc1. The highest BCUT2D eigenvalue weighted by Crippen LogP contribution is 2.25. The van der Waals surface area contributed by atoms with Crippen molar-refractivity contribution in [3.63, 3.8) is 0 Å². The summed E-state index contributed by atoms with van der Waals surface area (Å²) in [5.41, 5.74) is 1.80. The molecule has 0 saturated carbocycles. The first-order valence-corrected chi connectivity index (χ1v) is 9.05. The van der Waals surface area contributed by atoms with E-state index in [2.05, 4.69) is 15.5 Å². The van der Waals surface area contributed by atoms with E-state index < -0.39 is 0 Å². The van der Waals surface area contributed by atoms with Gasteiger partial charge in [0.1, 0.15) is 0 Å². The second-order valence-corrected chi connectivity index (χ2v) is 6.74. The molecular weight excluding hydrogens is 358 g/mol. The molecule has 1 amide bonds. The first kappa shape index (κ1) is 17.5. The van der Waals surface area contributed by atoms with Gasteiger partial charge in [-0.25, -0.2) is 0 Å². The van der Waals surface area contributed by atoms with Gasteiger partial charge in [-0.3, -0.25) is 4.79 Å². The van der Waals surface area contributed by atoms with Gasteiger partial charge in [0.25, 0.3) is 5.22 Å². The van der Waals surface area contributed by atoms with Crippen LogP contribution < -0.4 is 5.32 Å². The van der Waals surface area contributed by atoms with Gasteiger partial charge in [-0.1, -0.05) is 59.8 Å². The number of halogens is 1. The van der Waals surface area contributed by atoms with E-state index >= 15 is 0 Å². The summed E-state index contributed by atoms with van der Waals surface area (Å²) in [4.78, 5) is 12.1. The van der Waals surface area contributed by atoms with E-state index in [1.165, 1.54) is 11.8 Å². The Morgan fingerprint density at radius 2 is 2.00 bits per heavy atom. The van der Waals surface area contributed by atoms with E-state index in [1.807, 2.05) is 49.4 Å². The van der Waals surface area contributed by atoms with Crippen molar-refractivity contribution in [1.29, 1.82) is 0 Å². The van der Waals surface area contributed by atoms with Crippen molar-refractivity contribution >= 4 is 29.3 Å². The number of nitrogens with one attached hydrogen (secondary N) is 1. The number of benzene rings is 2. The molecule has 0 fully saturated rings. The molecule has 0 spiro atoms. The minimum atomic E-state index is -0.0936. The molecule has 25 heavy (non-hydrogen) atoms. The maximum atomic E-state index is 12.1. The maximum absolute atomic E-state index is 12.1. The average molecular weight is 374 g/mol. The fourth-order valence-corrected chi connectivity index (χ4v) is 3.01. The molecule has 0 aliphatic rings. The highest BCUT2D eigenvalue weighted by atomic mass is 35.5. The summed E-state index contributed by atoms with van der Waals surface area (Å²) in [5, 5.41) is 11.8. The number of nitrogens with zero attached hydrogens (tertiary/aromatic N) is 2. The Kier molecular flexibility index (Phi) is 5.73. The number of thioether (sulfide) groups is 1. The van der Waals surface area contributed by atoms with Gasteiger partial charge < -0.3 is 9.73 Å². The Morgan fingerprint density at radius 1 is 1.20 bits per heavy atom. The standard InChI is InChI=1S/C18H16ClN3O2S/c1-12(13-6-3-2-4-7-13)20-16(23)11-25-18-22-21-17(24-18)14-8-5-9-15(19)10-14/h2-10,12H,11H2,1H3,(H,20,23)/t12-/m0/s1. The number of carbonyl (C=O) groups is 1. The quantitative estimate of drug-likeness (QED) is 0.650. The van der Waals surface area contributed by atoms with Crippen molar-refractivity contribution in [2.75, 3.05) is 5.75 Å². The van der Waals surface area contributed by atoms with Crippen LogP contribution in [-0.4, -0.2) is 21.9 Å². The van der Waals surface area contributed by atoms with Crippen LogP contribution in [0.3, 0.4) is 0 Å². The zero-order valence-electron chi connectivity index (χ0n) is 13.5. The van der Waals surface area contributed by atoms with Crippen LogP contribution in [0.15, 0.2) is 64.2 Å². The number of hydrogen-bond acceptors (Lipinski definition) is 5. The van der Waals surface area contributed by atoms with Crippen LogP contribution in [0.4, 0.5) is 0 Å². The van der Waals surface area contributed by atoms with Gasteiger partial charge in [-0.2, -0.15) is 0 Å². The monoisotopic (exact) mass is 373 g/mol. The third-order valence-corrected chi connectivity index (χ3v) is 4.54. The Morgan fingerprint density at radius 3 is 2.76 bits per heavy atom. The van der Waals surface area contributed by atoms with E-state index in [0.717, 1.165) is 11.1 Å². The fraction of sp³-hybridized carbons (Fsp3) is 0.167. The van der Waals surface area contributed by atoms with Crippen LogP contribution in [0.1, 0.15) is 18.5 Å². The zero-order valence-corrected chi connectivity index (χ0v) is 15.1. The van der Waals surface area contributed by atoms with E-state index in [1.54, 1.807) is 12.1 Å². The van der Waals surface area contributed by atoms with E-state index in [4.69, 9.17) is 16.0 Å². The third-order valence-electron chi connectivity index (χ3n) is 3.48. The Labute approximate surface area is 154 Å². The molecule has 5 nitrogen and oxygen atoms in total. The minimum absolute atomic E-state index is 0.0565. The highest BCUT2D eigenvalue weighted by molar-refractivity contribution is 7.99. The number of hydrogen-bond donors (Lipinski definition) is 1. The number of rotatable bonds is 6. The second kappa shape index (κ2) is 8.18. The van der Waals surface area contributed by atoms with Crippen molar-refractivity contribution < 1.29 is 9.21 Å². The third kappa shape index (κ3) is 4.84. The molecular formula is C18H16ClN3O2S. The van der Waals surface area contributed by atoms with E-state index in [-0.39, 0.29) is 17.7 Å². The predicted molar refractivity (Wildman–Crippen MR) is 98.5 cm³/mol. The largest absolute Gasteiger partial charge is 0.411 e. The van der Waals surface area contributed by atoms with Crippen molar-refractivity contribution in [1.82, 2.24) is 15.5 Å². The molecule has 1 atom stereocenters. The summed E-state index contributed by atoms with van der Waals surface area (Å²) in [7, 11) is 0. The molecule has 2 aromatic carbocycles. The molecule has 0 saturated heterocycles. The summed E-state index contributed by atoms with van der Waals surface area (Å²) in [6.07, 6.45) is 0. The van der Waals surface area contributed by atoms with Crippen LogP contribution in [0, 0.1) is 0 Å². The highest BCUT2D eigenvalue weighted by Gasteiger charge is 2.13. The van der Waals surface area contributed by atoms with Crippen LogP contribution in [0.5, 0.6) is 0 Å². The van der Waals surface area contributed by atoms with Gasteiger partial charge in [0.2, 0.25) is 11.8 Å². The summed E-state index contributed by atoms with van der Waals surface area (Å²) in [5.74, 6) is 0.487. The summed E-state index contributed by atoms with van der Waals surface area (Å²) >= 11 is 7.16. The van der Waals surface area contributed by atoms with Crippen molar-refractivity contribution in [3.8, 4) is 11.5 Å². The lowest BCUT2D eigenvalue weighted by atomic mass is 10.1. The van der Waals surface area contributed by atoms with Crippen molar-refractivity contribution in [2.24, 2.45) is 0 Å². The Balaban J connectivity index is 1.54. The molecule has 0 radical (unpaired) electrons. The normalized spacial score (nSPS) is 11.9. The molecule has 3 aromatic rings. The summed E-state index contributed by atoms with van der Waals surface area (Å²) < 4.78 is 5.57. The Bertz CT molecular complexity index is 854. The number of carbonyl (C=O) groups excluding carboxylic acids is 1. The van der Waals surface area contributed by atoms with Crippen LogP contribution in [0.2, 0.25) is 5.02 Å². The maximum Gasteiger partial charge on any atom is 0.277 e. The second-order valence-electron chi connectivity index (χ2n) is 5.37. The average Bonchev–Trinajstić information content (AvgIpc) is 3.10. The number of aromatic nitrogens is 2. The molecule has 0 aliphatic heterocycles. The fourth-order valence-electron chi connectivity index (χ4n) is 2.24. The zero-order chi connectivity index (χ0) is 17.6. The predicted octanol–water partition coefficient (Wildman–Crippen LogP) is 4.36. The Hall–Kier alpha value is -2.31. The molecule has 0 unspecified atom stereocenters. The topological polar surface area (TPSA) is 68.0 Å². The molecule has 1 heterocycles. The lowest BCUT2D eigenvalue weighted by Gasteiger charge is -2.13. The summed E-state index contributed by atoms with van der Waals surface area (Å²) in [6, 6.07) is 16.9. The van der Waals surface area contributed by atoms with Crippen LogP contribution in [-0.2, 0) is 4.79 Å². The summed E-state index contributed by atoms with van der Waals surface area (Å²) in [6.45, 7) is 1.95. The smallest absolute Gasteiger partial charge is 0.277 e. The van der Waals surface area contributed by atoms with Crippen LogP contribution >= 0.6 is 23.4 Å². The molecule has 1 N–H and O–H groups in total. The molecule has 1 aromatic heterocycles. The van der Waals surface area contributed by atoms with Gasteiger partial charge in [0, 0.05) is 10.6 Å². The molecule has 0 bridgehead atoms. The van der Waals surface area contributed by atoms with Gasteiger partial charge in [0.15, 0.2) is 0 Å². The molecule has 3 rings (SSSR count). The van der Waals surface area contributed by atoms with Gasteiger partial charge in [-0.05, 0) is 30.7 Å². The molecule has 128 valence electrons. The van der Waals surface area contributed by atoms with Crippen LogP contribution in [0.25, 0.3) is 11.5 Å².